The van der Waals surface area contributed by atoms with E-state index in [4.69, 9.17) is 16.6 Å². The number of rotatable bonds is 9. The molecule has 2 atom stereocenters. The van der Waals surface area contributed by atoms with Crippen molar-refractivity contribution in [1.29, 1.82) is 0 Å². The van der Waals surface area contributed by atoms with Crippen molar-refractivity contribution in [3.63, 3.8) is 0 Å². The molecule has 18 heteroatoms. The molecule has 1 N–H and O–H groups in total. The molecular formula is C33H34ClF6N9O2. The molecule has 0 aliphatic carbocycles. The van der Waals surface area contributed by atoms with E-state index >= 15 is 0 Å². The van der Waals surface area contributed by atoms with Gasteiger partial charge in [0.1, 0.15) is 5.02 Å². The van der Waals surface area contributed by atoms with E-state index in [2.05, 4.69) is 20.1 Å². The first kappa shape index (κ1) is 36.1. The SMILES string of the molecule is CCC1C[C@H](N(Cc2cc(C(F)(F)F)cc(C(F)(F)F)c2)c2ncc(-c3cnn(C)c3)cn2)CN1c1nc(N2CCC(C(=O)O)CC2)ncc1Cl. The Labute approximate surface area is 293 Å². The summed E-state index contributed by atoms with van der Waals surface area (Å²) < 4.78 is 84.6. The minimum Gasteiger partial charge on any atom is -0.481 e. The van der Waals surface area contributed by atoms with Crippen LogP contribution in [0.4, 0.5) is 44.1 Å². The van der Waals surface area contributed by atoms with Crippen LogP contribution in [0.25, 0.3) is 11.1 Å². The summed E-state index contributed by atoms with van der Waals surface area (Å²) >= 11 is 6.65. The van der Waals surface area contributed by atoms with Gasteiger partial charge in [0.15, 0.2) is 5.82 Å². The summed E-state index contributed by atoms with van der Waals surface area (Å²) in [7, 11) is 1.74. The molecule has 0 radical (unpaired) electrons. The van der Waals surface area contributed by atoms with Crippen LogP contribution in [0.5, 0.6) is 0 Å². The zero-order valence-electron chi connectivity index (χ0n) is 27.5. The van der Waals surface area contributed by atoms with Gasteiger partial charge in [0, 0.05) is 69.0 Å². The molecule has 272 valence electrons. The van der Waals surface area contributed by atoms with Crippen LogP contribution in [0.1, 0.15) is 49.3 Å². The van der Waals surface area contributed by atoms with Crippen LogP contribution < -0.4 is 14.7 Å². The largest absolute Gasteiger partial charge is 0.481 e. The molecule has 0 bridgehead atoms. The monoisotopic (exact) mass is 737 g/mol. The van der Waals surface area contributed by atoms with E-state index in [0.29, 0.717) is 56.1 Å². The predicted molar refractivity (Wildman–Crippen MR) is 176 cm³/mol. The molecule has 2 fully saturated rings. The number of nitrogens with zero attached hydrogens (tertiary/aromatic N) is 9. The van der Waals surface area contributed by atoms with Crippen molar-refractivity contribution < 1.29 is 36.2 Å². The van der Waals surface area contributed by atoms with Gasteiger partial charge in [-0.15, -0.1) is 0 Å². The summed E-state index contributed by atoms with van der Waals surface area (Å²) in [5, 5.41) is 13.8. The third kappa shape index (κ3) is 7.97. The molecule has 5 heterocycles. The molecule has 11 nitrogen and oxygen atoms in total. The van der Waals surface area contributed by atoms with Gasteiger partial charge in [-0.25, -0.2) is 15.0 Å². The Morgan fingerprint density at radius 2 is 1.61 bits per heavy atom. The number of piperidine rings is 1. The summed E-state index contributed by atoms with van der Waals surface area (Å²) in [6.07, 6.45) is -0.188. The second-order valence-electron chi connectivity index (χ2n) is 12.8. The van der Waals surface area contributed by atoms with Crippen LogP contribution in [0.3, 0.4) is 0 Å². The Morgan fingerprint density at radius 1 is 0.961 bits per heavy atom. The van der Waals surface area contributed by atoms with Crippen LogP contribution in [0.2, 0.25) is 5.02 Å². The average molecular weight is 738 g/mol. The molecule has 0 amide bonds. The lowest BCUT2D eigenvalue weighted by Crippen LogP contribution is -2.39. The summed E-state index contributed by atoms with van der Waals surface area (Å²) in [5.74, 6) is -0.381. The van der Waals surface area contributed by atoms with Gasteiger partial charge in [0.25, 0.3) is 0 Å². The first-order valence-electron chi connectivity index (χ1n) is 16.2. The molecule has 6 rings (SSSR count). The maximum atomic E-state index is 13.8. The molecule has 3 aromatic heterocycles. The quantitative estimate of drug-likeness (QED) is 0.186. The number of aryl methyl sites for hydroxylation is 1. The Kier molecular flexibility index (Phi) is 10.0. The summed E-state index contributed by atoms with van der Waals surface area (Å²) in [6, 6.07) is 0.895. The first-order chi connectivity index (χ1) is 24.1. The molecule has 4 aromatic rings. The van der Waals surface area contributed by atoms with E-state index in [1.807, 2.05) is 16.7 Å². The second kappa shape index (κ2) is 14.2. The lowest BCUT2D eigenvalue weighted by molar-refractivity contribution is -0.144. The van der Waals surface area contributed by atoms with Gasteiger partial charge in [-0.2, -0.15) is 36.4 Å². The standard InChI is InChI=1S/C33H34ClF6N9O2/c1-3-25-11-26(18-48(25)28-27(34)15-43-31(45-28)47-6-4-20(5-7-47)29(50)51)49(30-41-12-21(13-42-30)22-14-44-46(2)17-22)16-19-8-23(32(35,36)37)10-24(9-19)33(38,39)40/h8-10,12-15,17,20,25-26H,3-7,11,16,18H2,1-2H3,(H,50,51)/t25?,26-/m0/s1. The van der Waals surface area contributed by atoms with Gasteiger partial charge in [-0.1, -0.05) is 18.5 Å². The van der Waals surface area contributed by atoms with Crippen molar-refractivity contribution >= 4 is 35.3 Å². The molecule has 1 aromatic carbocycles. The highest BCUT2D eigenvalue weighted by atomic mass is 35.5. The molecule has 0 saturated carbocycles. The number of benzene rings is 1. The number of anilines is 3. The smallest absolute Gasteiger partial charge is 0.416 e. The van der Waals surface area contributed by atoms with E-state index in [1.165, 1.54) is 18.6 Å². The van der Waals surface area contributed by atoms with Crippen molar-refractivity contribution in [1.82, 2.24) is 29.7 Å². The van der Waals surface area contributed by atoms with E-state index in [0.717, 1.165) is 17.7 Å². The number of hydrogen-bond acceptors (Lipinski definition) is 9. The van der Waals surface area contributed by atoms with E-state index in [1.54, 1.807) is 29.0 Å². The Morgan fingerprint density at radius 3 is 2.16 bits per heavy atom. The number of carboxylic acid groups (broad SMARTS) is 1. The van der Waals surface area contributed by atoms with Crippen molar-refractivity contribution in [2.45, 2.75) is 63.6 Å². The van der Waals surface area contributed by atoms with Crippen molar-refractivity contribution in [3.8, 4) is 11.1 Å². The van der Waals surface area contributed by atoms with Gasteiger partial charge in [-0.3, -0.25) is 9.48 Å². The minimum atomic E-state index is -5.01. The predicted octanol–water partition coefficient (Wildman–Crippen LogP) is 6.72. The number of alkyl halides is 6. The van der Waals surface area contributed by atoms with Crippen LogP contribution in [0, 0.1) is 5.92 Å². The van der Waals surface area contributed by atoms with Crippen LogP contribution in [-0.2, 0) is 30.7 Å². The van der Waals surface area contributed by atoms with Crippen LogP contribution in [-0.4, -0.2) is 72.5 Å². The summed E-state index contributed by atoms with van der Waals surface area (Å²) in [6.45, 7) is 2.73. The maximum absolute atomic E-state index is 13.8. The topological polar surface area (TPSA) is 116 Å². The average Bonchev–Trinajstić information content (AvgIpc) is 3.73. The molecular weight excluding hydrogens is 704 g/mol. The van der Waals surface area contributed by atoms with Gasteiger partial charge in [0.05, 0.1) is 35.5 Å². The third-order valence-electron chi connectivity index (χ3n) is 9.35. The lowest BCUT2D eigenvalue weighted by atomic mass is 9.97. The molecule has 51 heavy (non-hydrogen) atoms. The molecule has 1 unspecified atom stereocenters. The van der Waals surface area contributed by atoms with Gasteiger partial charge in [0.2, 0.25) is 11.9 Å². The van der Waals surface area contributed by atoms with E-state index < -0.39 is 41.4 Å². The number of carbonyl (C=O) groups is 1. The first-order valence-corrected chi connectivity index (χ1v) is 16.6. The number of carboxylic acids is 1. The molecule has 2 aliphatic rings. The Bertz CT molecular complexity index is 1830. The fourth-order valence-corrected chi connectivity index (χ4v) is 6.85. The highest BCUT2D eigenvalue weighted by Crippen LogP contribution is 2.39. The molecule has 0 spiro atoms. The number of halogens is 7. The number of aliphatic carboxylic acids is 1. The van der Waals surface area contributed by atoms with Gasteiger partial charge in [-0.05, 0) is 49.4 Å². The molecule has 2 aliphatic heterocycles. The normalized spacial score (nSPS) is 18.8. The van der Waals surface area contributed by atoms with Crippen molar-refractivity contribution in [2.75, 3.05) is 34.3 Å². The lowest BCUT2D eigenvalue weighted by Gasteiger charge is -2.32. The van der Waals surface area contributed by atoms with Crippen LogP contribution >= 0.6 is 11.6 Å². The number of aromatic nitrogens is 6. The fraction of sp³-hybridized carbons (Fsp3) is 0.455. The van der Waals surface area contributed by atoms with Crippen molar-refractivity contribution in [2.24, 2.45) is 13.0 Å². The highest BCUT2D eigenvalue weighted by Gasteiger charge is 2.40. The summed E-state index contributed by atoms with van der Waals surface area (Å²) in [4.78, 5) is 35.1. The van der Waals surface area contributed by atoms with E-state index in [9.17, 15) is 36.2 Å². The third-order valence-corrected chi connectivity index (χ3v) is 9.62. The zero-order valence-corrected chi connectivity index (χ0v) is 28.3. The summed E-state index contributed by atoms with van der Waals surface area (Å²) in [5.41, 5.74) is -1.68. The van der Waals surface area contributed by atoms with Gasteiger partial charge >= 0.3 is 18.3 Å². The number of hydrogen-bond donors (Lipinski definition) is 1. The van der Waals surface area contributed by atoms with Crippen LogP contribution in [0.15, 0.2) is 49.2 Å². The highest BCUT2D eigenvalue weighted by molar-refractivity contribution is 6.32. The minimum absolute atomic E-state index is 0.107. The van der Waals surface area contributed by atoms with Gasteiger partial charge < -0.3 is 19.8 Å². The molecule has 2 saturated heterocycles. The second-order valence-corrected chi connectivity index (χ2v) is 13.2. The van der Waals surface area contributed by atoms with Crippen molar-refractivity contribution in [3.05, 3.63) is 70.9 Å². The zero-order chi connectivity index (χ0) is 36.7. The Hall–Kier alpha value is -4.67. The maximum Gasteiger partial charge on any atom is 0.416 e. The fourth-order valence-electron chi connectivity index (χ4n) is 6.65. The Balaban J connectivity index is 1.35. The van der Waals surface area contributed by atoms with E-state index in [-0.39, 0.29) is 41.7 Å².